The third-order valence-electron chi connectivity index (χ3n) is 5.89. The van der Waals surface area contributed by atoms with Crippen molar-refractivity contribution in [3.05, 3.63) is 0 Å². The minimum absolute atomic E-state index is 0.170. The topological polar surface area (TPSA) is 140 Å². The Morgan fingerprint density at radius 2 is 1.38 bits per heavy atom. The Balaban J connectivity index is 4.27. The van der Waals surface area contributed by atoms with Crippen LogP contribution in [0.15, 0.2) is 0 Å². The molecular formula is C24H52NO8P. The molecule has 3 unspecified atom stereocenters. The van der Waals surface area contributed by atoms with Crippen molar-refractivity contribution in [2.45, 2.75) is 115 Å². The number of unbranched alkanes of at least 4 members (excludes halogenated alkanes) is 11. The second-order valence-corrected chi connectivity index (χ2v) is 11.8. The van der Waals surface area contributed by atoms with Gasteiger partial charge in [0.05, 0.1) is 33.9 Å². The Morgan fingerprint density at radius 3 is 1.82 bits per heavy atom. The lowest BCUT2D eigenvalue weighted by Gasteiger charge is -2.38. The molecule has 0 bridgehead atoms. The highest BCUT2D eigenvalue weighted by Gasteiger charge is 2.42. The number of aliphatic hydroxyl groups excluding tert-OH is 3. The van der Waals surface area contributed by atoms with E-state index in [1.165, 1.54) is 51.4 Å². The standard InChI is InChI=1S/C24H52NO8P/c1-5-6-7-8-9-10-11-12-13-14-15-16-17-22(27)20-24(29,23(28)21-26)33-34(30,31)32-19-18-25(2,3)4/h22-23,26-29H,5-21H2,1-4H3/t22?,23-,24?/m0/s1. The second kappa shape index (κ2) is 18.2. The fraction of sp³-hybridized carbons (Fsp3) is 1.00. The minimum atomic E-state index is -4.97. The van der Waals surface area contributed by atoms with Gasteiger partial charge >= 0.3 is 0 Å². The van der Waals surface area contributed by atoms with E-state index in [9.17, 15) is 29.9 Å². The van der Waals surface area contributed by atoms with Gasteiger partial charge in [-0.05, 0) is 6.42 Å². The molecule has 0 saturated heterocycles. The van der Waals surface area contributed by atoms with Crippen LogP contribution in [0.1, 0.15) is 96.8 Å². The van der Waals surface area contributed by atoms with Gasteiger partial charge in [0.25, 0.3) is 7.82 Å². The number of quaternary nitrogens is 1. The average molecular weight is 514 g/mol. The quantitative estimate of drug-likeness (QED) is 0.0707. The number of aliphatic hydroxyl groups is 4. The molecule has 4 atom stereocenters. The molecule has 4 N–H and O–H groups in total. The van der Waals surface area contributed by atoms with E-state index in [1.807, 2.05) is 21.1 Å². The zero-order valence-corrected chi connectivity index (χ0v) is 22.9. The number of phosphoric ester groups is 1. The molecule has 0 aromatic carbocycles. The summed E-state index contributed by atoms with van der Waals surface area (Å²) >= 11 is 0. The molecule has 206 valence electrons. The average Bonchev–Trinajstić information content (AvgIpc) is 2.72. The van der Waals surface area contributed by atoms with E-state index in [4.69, 9.17) is 9.05 Å². The van der Waals surface area contributed by atoms with Crippen molar-refractivity contribution in [3.63, 3.8) is 0 Å². The largest absolute Gasteiger partial charge is 0.756 e. The Bertz CT molecular complexity index is 546. The van der Waals surface area contributed by atoms with E-state index < -0.39 is 38.8 Å². The van der Waals surface area contributed by atoms with Crippen LogP contribution in [0.25, 0.3) is 0 Å². The molecule has 34 heavy (non-hydrogen) atoms. The van der Waals surface area contributed by atoms with E-state index in [-0.39, 0.29) is 6.61 Å². The molecule has 0 fully saturated rings. The Hall–Kier alpha value is -0.0900. The summed E-state index contributed by atoms with van der Waals surface area (Å²) in [5, 5.41) is 40.1. The van der Waals surface area contributed by atoms with Crippen molar-refractivity contribution in [2.24, 2.45) is 0 Å². The first-order valence-electron chi connectivity index (χ1n) is 13.0. The fourth-order valence-electron chi connectivity index (χ4n) is 3.68. The van der Waals surface area contributed by atoms with Crippen molar-refractivity contribution < 1.29 is 43.4 Å². The Morgan fingerprint density at radius 1 is 0.912 bits per heavy atom. The van der Waals surface area contributed by atoms with Crippen LogP contribution in [0, 0.1) is 0 Å². The van der Waals surface area contributed by atoms with E-state index in [0.29, 0.717) is 23.9 Å². The second-order valence-electron chi connectivity index (χ2n) is 10.5. The molecule has 0 aliphatic carbocycles. The molecule has 0 rings (SSSR count). The summed E-state index contributed by atoms with van der Waals surface area (Å²) < 4.78 is 22.1. The number of nitrogens with zero attached hydrogens (tertiary/aromatic N) is 1. The highest BCUT2D eigenvalue weighted by molar-refractivity contribution is 7.45. The predicted octanol–water partition coefficient (Wildman–Crippen LogP) is 3.08. The van der Waals surface area contributed by atoms with Gasteiger partial charge in [-0.2, -0.15) is 0 Å². The van der Waals surface area contributed by atoms with Gasteiger partial charge in [-0.15, -0.1) is 0 Å². The summed E-state index contributed by atoms with van der Waals surface area (Å²) in [5.74, 6) is -2.67. The highest BCUT2D eigenvalue weighted by atomic mass is 31.2. The predicted molar refractivity (Wildman–Crippen MR) is 132 cm³/mol. The SMILES string of the molecule is CCCCCCCCCCCCCCC(O)CC(O)(OP(=O)([O-])OCC[N+](C)(C)C)[C@@H](O)CO. The van der Waals surface area contributed by atoms with Crippen LogP contribution < -0.4 is 4.89 Å². The van der Waals surface area contributed by atoms with Gasteiger partial charge in [0.15, 0.2) is 0 Å². The molecular weight excluding hydrogens is 461 g/mol. The molecule has 0 aromatic rings. The maximum atomic E-state index is 12.1. The van der Waals surface area contributed by atoms with Crippen molar-refractivity contribution >= 4 is 7.82 Å². The summed E-state index contributed by atoms with van der Waals surface area (Å²) in [6.07, 6.45) is 10.9. The first kappa shape index (κ1) is 33.9. The molecule has 0 amide bonds. The minimum Gasteiger partial charge on any atom is -0.756 e. The molecule has 0 spiro atoms. The van der Waals surface area contributed by atoms with Crippen LogP contribution in [0.4, 0.5) is 0 Å². The molecule has 0 radical (unpaired) electrons. The summed E-state index contributed by atoms with van der Waals surface area (Å²) in [6.45, 7) is 1.50. The molecule has 0 aromatic heterocycles. The highest BCUT2D eigenvalue weighted by Crippen LogP contribution is 2.45. The lowest BCUT2D eigenvalue weighted by Crippen LogP contribution is -2.49. The number of rotatable bonds is 23. The first-order chi connectivity index (χ1) is 15.9. The number of hydrogen-bond acceptors (Lipinski definition) is 8. The summed E-state index contributed by atoms with van der Waals surface area (Å²) in [7, 11) is 0.603. The Kier molecular flexibility index (Phi) is 18.2. The van der Waals surface area contributed by atoms with Gasteiger partial charge in [0.2, 0.25) is 5.79 Å². The maximum Gasteiger partial charge on any atom is 0.270 e. The molecule has 9 nitrogen and oxygen atoms in total. The summed E-state index contributed by atoms with van der Waals surface area (Å²) in [5.41, 5.74) is 0. The van der Waals surface area contributed by atoms with Gasteiger partial charge in [-0.1, -0.05) is 84.0 Å². The van der Waals surface area contributed by atoms with Crippen LogP contribution in [0.2, 0.25) is 0 Å². The monoisotopic (exact) mass is 513 g/mol. The lowest BCUT2D eigenvalue weighted by atomic mass is 9.98. The first-order valence-corrected chi connectivity index (χ1v) is 14.5. The smallest absolute Gasteiger partial charge is 0.270 e. The zero-order valence-electron chi connectivity index (χ0n) is 22.0. The summed E-state index contributed by atoms with van der Waals surface area (Å²) in [6, 6.07) is 0. The van der Waals surface area contributed by atoms with Crippen molar-refractivity contribution in [3.8, 4) is 0 Å². The van der Waals surface area contributed by atoms with Crippen molar-refractivity contribution in [1.82, 2.24) is 0 Å². The van der Waals surface area contributed by atoms with E-state index >= 15 is 0 Å². The Labute approximate surface area is 207 Å². The van der Waals surface area contributed by atoms with Crippen molar-refractivity contribution in [2.75, 3.05) is 40.9 Å². The van der Waals surface area contributed by atoms with Crippen LogP contribution in [-0.4, -0.2) is 83.8 Å². The lowest BCUT2D eigenvalue weighted by molar-refractivity contribution is -0.870. The normalized spacial score (nSPS) is 17.8. The zero-order chi connectivity index (χ0) is 26.1. The van der Waals surface area contributed by atoms with Crippen LogP contribution >= 0.6 is 7.82 Å². The van der Waals surface area contributed by atoms with Gasteiger partial charge in [-0.25, -0.2) is 0 Å². The number of hydrogen-bond donors (Lipinski definition) is 4. The molecule has 0 heterocycles. The number of likely N-dealkylation sites (N-methyl/N-ethyl adjacent to an activating group) is 1. The third kappa shape index (κ3) is 18.2. The van der Waals surface area contributed by atoms with E-state index in [1.54, 1.807) is 0 Å². The molecule has 10 heteroatoms. The molecule has 0 saturated carbocycles. The van der Waals surface area contributed by atoms with Gasteiger partial charge in [0, 0.05) is 6.42 Å². The van der Waals surface area contributed by atoms with Gasteiger partial charge in [0.1, 0.15) is 19.3 Å². The number of phosphoric acid groups is 1. The molecule has 0 aliphatic heterocycles. The summed E-state index contributed by atoms with van der Waals surface area (Å²) in [4.78, 5) is 12.1. The fourth-order valence-corrected chi connectivity index (χ4v) is 4.63. The maximum absolute atomic E-state index is 12.1. The van der Waals surface area contributed by atoms with E-state index in [2.05, 4.69) is 6.92 Å². The van der Waals surface area contributed by atoms with Crippen LogP contribution in [0.3, 0.4) is 0 Å². The van der Waals surface area contributed by atoms with Gasteiger partial charge < -0.3 is 34.3 Å². The van der Waals surface area contributed by atoms with Crippen LogP contribution in [-0.2, 0) is 13.6 Å². The van der Waals surface area contributed by atoms with Crippen molar-refractivity contribution in [1.29, 1.82) is 0 Å². The molecule has 0 aliphatic rings. The van der Waals surface area contributed by atoms with Gasteiger partial charge in [-0.3, -0.25) is 9.09 Å². The van der Waals surface area contributed by atoms with E-state index in [0.717, 1.165) is 19.3 Å². The third-order valence-corrected chi connectivity index (χ3v) is 6.93. The van der Waals surface area contributed by atoms with Crippen LogP contribution in [0.5, 0.6) is 0 Å².